The number of thioether (sulfide) groups is 1. The lowest BCUT2D eigenvalue weighted by molar-refractivity contribution is 0.102. The highest BCUT2D eigenvalue weighted by atomic mass is 32.2. The first-order valence-electron chi connectivity index (χ1n) is 10.3. The van der Waals surface area contributed by atoms with Gasteiger partial charge in [0.25, 0.3) is 5.56 Å². The fraction of sp³-hybridized carbons (Fsp3) is 0.435. The molecule has 2 heterocycles. The standard InChI is InChI=1S/C23H26N4O3S/c1-23(2,3)21-24-18-17(20(29)27(5)22(30)26(18)4)19(25-21)31-12-16(28)15-10-9-13-7-6-8-14(13)11-15/h9-11H,6-8,12H2,1-5H3. The SMILES string of the molecule is Cn1c(=O)c2c(SCC(=O)c3ccc4c(c3)CCC4)nc(C(C)(C)C)nc2n(C)c1=O. The number of benzene rings is 1. The summed E-state index contributed by atoms with van der Waals surface area (Å²) in [6.45, 7) is 5.91. The van der Waals surface area contributed by atoms with Crippen molar-refractivity contribution in [3.63, 3.8) is 0 Å². The van der Waals surface area contributed by atoms with E-state index in [1.165, 1.54) is 34.5 Å². The second-order valence-electron chi connectivity index (χ2n) is 9.06. The molecule has 7 nitrogen and oxygen atoms in total. The number of hydrogen-bond acceptors (Lipinski definition) is 6. The van der Waals surface area contributed by atoms with Gasteiger partial charge in [0.2, 0.25) is 0 Å². The number of Topliss-reactive ketones (excluding diaryl/α,β-unsaturated/α-hetero) is 1. The minimum Gasteiger partial charge on any atom is -0.293 e. The van der Waals surface area contributed by atoms with E-state index in [4.69, 9.17) is 0 Å². The van der Waals surface area contributed by atoms with E-state index in [-0.39, 0.29) is 22.3 Å². The molecule has 0 unspecified atom stereocenters. The molecular formula is C23H26N4O3S. The summed E-state index contributed by atoms with van der Waals surface area (Å²) >= 11 is 1.22. The fourth-order valence-electron chi connectivity index (χ4n) is 3.83. The lowest BCUT2D eigenvalue weighted by atomic mass is 9.96. The Morgan fingerprint density at radius 1 is 1.06 bits per heavy atom. The summed E-state index contributed by atoms with van der Waals surface area (Å²) < 4.78 is 2.41. The topological polar surface area (TPSA) is 86.8 Å². The van der Waals surface area contributed by atoms with Gasteiger partial charge in [0.15, 0.2) is 11.4 Å². The highest BCUT2D eigenvalue weighted by molar-refractivity contribution is 8.00. The number of fused-ring (bicyclic) bond motifs is 2. The molecule has 0 atom stereocenters. The van der Waals surface area contributed by atoms with Gasteiger partial charge < -0.3 is 0 Å². The zero-order chi connectivity index (χ0) is 22.5. The zero-order valence-corrected chi connectivity index (χ0v) is 19.3. The number of aryl methyl sites for hydroxylation is 3. The van der Waals surface area contributed by atoms with Crippen molar-refractivity contribution in [3.05, 3.63) is 61.6 Å². The van der Waals surface area contributed by atoms with Gasteiger partial charge in [-0.3, -0.25) is 18.7 Å². The minimum atomic E-state index is -0.453. The Hall–Kier alpha value is -2.74. The molecule has 1 aromatic carbocycles. The first kappa shape index (κ1) is 21.5. The Bertz CT molecular complexity index is 1330. The maximum atomic E-state index is 12.9. The molecule has 8 heteroatoms. The number of aromatic nitrogens is 4. The molecule has 0 amide bonds. The van der Waals surface area contributed by atoms with Crippen LogP contribution in [0.1, 0.15) is 54.5 Å². The number of carbonyl (C=O) groups is 1. The predicted molar refractivity (Wildman–Crippen MR) is 122 cm³/mol. The summed E-state index contributed by atoms with van der Waals surface area (Å²) in [5, 5.41) is 0.699. The molecule has 0 fully saturated rings. The minimum absolute atomic E-state index is 0.00888. The molecule has 0 N–H and O–H groups in total. The van der Waals surface area contributed by atoms with Crippen molar-refractivity contribution in [2.24, 2.45) is 14.1 Å². The Morgan fingerprint density at radius 3 is 2.48 bits per heavy atom. The first-order valence-corrected chi connectivity index (χ1v) is 11.3. The van der Waals surface area contributed by atoms with E-state index in [1.807, 2.05) is 39.0 Å². The van der Waals surface area contributed by atoms with E-state index >= 15 is 0 Å². The highest BCUT2D eigenvalue weighted by Gasteiger charge is 2.24. The van der Waals surface area contributed by atoms with Crippen LogP contribution in [0, 0.1) is 0 Å². The highest BCUT2D eigenvalue weighted by Crippen LogP contribution is 2.28. The molecule has 4 rings (SSSR count). The van der Waals surface area contributed by atoms with E-state index in [9.17, 15) is 14.4 Å². The molecule has 1 aliphatic rings. The molecule has 31 heavy (non-hydrogen) atoms. The molecule has 1 aliphatic carbocycles. The predicted octanol–water partition coefficient (Wildman–Crippen LogP) is 2.79. The van der Waals surface area contributed by atoms with Crippen LogP contribution in [0.15, 0.2) is 32.8 Å². The molecule has 0 saturated carbocycles. The van der Waals surface area contributed by atoms with E-state index in [2.05, 4.69) is 9.97 Å². The van der Waals surface area contributed by atoms with Crippen LogP contribution in [0.2, 0.25) is 0 Å². The van der Waals surface area contributed by atoms with Crippen LogP contribution in [-0.4, -0.2) is 30.6 Å². The van der Waals surface area contributed by atoms with Crippen LogP contribution in [0.4, 0.5) is 0 Å². The summed E-state index contributed by atoms with van der Waals surface area (Å²) in [5.41, 5.74) is 2.27. The van der Waals surface area contributed by atoms with Crippen LogP contribution in [0.25, 0.3) is 11.0 Å². The van der Waals surface area contributed by atoms with Crippen LogP contribution < -0.4 is 11.2 Å². The van der Waals surface area contributed by atoms with Gasteiger partial charge in [-0.2, -0.15) is 0 Å². The normalized spacial score (nSPS) is 13.6. The maximum absolute atomic E-state index is 12.9. The van der Waals surface area contributed by atoms with Gasteiger partial charge in [-0.1, -0.05) is 44.7 Å². The third-order valence-electron chi connectivity index (χ3n) is 5.70. The number of ketones is 1. The Morgan fingerprint density at radius 2 is 1.77 bits per heavy atom. The number of nitrogens with zero attached hydrogens (tertiary/aromatic N) is 4. The van der Waals surface area contributed by atoms with Crippen molar-refractivity contribution < 1.29 is 4.79 Å². The van der Waals surface area contributed by atoms with Crippen LogP contribution >= 0.6 is 11.8 Å². The molecule has 0 bridgehead atoms. The molecule has 0 saturated heterocycles. The van der Waals surface area contributed by atoms with Gasteiger partial charge in [0.05, 0.1) is 5.75 Å². The Kier molecular flexibility index (Phi) is 5.37. The average molecular weight is 439 g/mol. The second-order valence-corrected chi connectivity index (χ2v) is 10.0. The van der Waals surface area contributed by atoms with Crippen molar-refractivity contribution in [1.29, 1.82) is 0 Å². The largest absolute Gasteiger partial charge is 0.332 e. The van der Waals surface area contributed by atoms with Crippen LogP contribution in [0.5, 0.6) is 0 Å². The van der Waals surface area contributed by atoms with E-state index in [0.29, 0.717) is 22.1 Å². The average Bonchev–Trinajstić information content (AvgIpc) is 3.21. The summed E-state index contributed by atoms with van der Waals surface area (Å²) in [7, 11) is 3.03. The van der Waals surface area contributed by atoms with Gasteiger partial charge in [-0.25, -0.2) is 14.8 Å². The van der Waals surface area contributed by atoms with Gasteiger partial charge in [0, 0.05) is 25.1 Å². The van der Waals surface area contributed by atoms with Crippen LogP contribution in [0.3, 0.4) is 0 Å². The van der Waals surface area contributed by atoms with Gasteiger partial charge in [0.1, 0.15) is 16.2 Å². The lowest BCUT2D eigenvalue weighted by Gasteiger charge is -2.19. The maximum Gasteiger partial charge on any atom is 0.332 e. The van der Waals surface area contributed by atoms with Crippen LogP contribution in [-0.2, 0) is 32.4 Å². The lowest BCUT2D eigenvalue weighted by Crippen LogP contribution is -2.38. The summed E-state index contributed by atoms with van der Waals surface area (Å²) in [5.74, 6) is 0.668. The van der Waals surface area contributed by atoms with Crippen molar-refractivity contribution in [2.45, 2.75) is 50.5 Å². The molecule has 162 valence electrons. The molecule has 2 aromatic heterocycles. The van der Waals surface area contributed by atoms with Crippen molar-refractivity contribution in [1.82, 2.24) is 19.1 Å². The van der Waals surface area contributed by atoms with E-state index < -0.39 is 11.2 Å². The Balaban J connectivity index is 1.76. The summed E-state index contributed by atoms with van der Waals surface area (Å²) in [6, 6.07) is 5.92. The molecule has 3 aromatic rings. The Labute approximate surface area is 184 Å². The molecule has 0 spiro atoms. The van der Waals surface area contributed by atoms with Gasteiger partial charge in [-0.15, -0.1) is 0 Å². The molecule has 0 radical (unpaired) electrons. The molecule has 0 aliphatic heterocycles. The van der Waals surface area contributed by atoms with Crippen molar-refractivity contribution in [3.8, 4) is 0 Å². The zero-order valence-electron chi connectivity index (χ0n) is 18.5. The fourth-order valence-corrected chi connectivity index (χ4v) is 4.74. The van der Waals surface area contributed by atoms with Gasteiger partial charge >= 0.3 is 5.69 Å². The monoisotopic (exact) mass is 438 g/mol. The van der Waals surface area contributed by atoms with Crippen molar-refractivity contribution in [2.75, 3.05) is 5.75 Å². The smallest absolute Gasteiger partial charge is 0.293 e. The third kappa shape index (κ3) is 3.84. The number of rotatable bonds is 4. The van der Waals surface area contributed by atoms with E-state index in [0.717, 1.165) is 23.8 Å². The first-order chi connectivity index (χ1) is 14.6. The second kappa shape index (κ2) is 7.75. The number of carbonyl (C=O) groups excluding carboxylic acids is 1. The third-order valence-corrected chi connectivity index (χ3v) is 6.67. The molecular weight excluding hydrogens is 412 g/mol. The number of hydrogen-bond donors (Lipinski definition) is 0. The van der Waals surface area contributed by atoms with Gasteiger partial charge in [-0.05, 0) is 36.5 Å². The van der Waals surface area contributed by atoms with Crippen molar-refractivity contribution >= 4 is 28.6 Å². The quantitative estimate of drug-likeness (QED) is 0.354. The summed E-state index contributed by atoms with van der Waals surface area (Å²) in [4.78, 5) is 47.4. The van der Waals surface area contributed by atoms with E-state index in [1.54, 1.807) is 7.05 Å². The summed E-state index contributed by atoms with van der Waals surface area (Å²) in [6.07, 6.45) is 3.22.